The molecule has 0 aliphatic carbocycles. The molecule has 6 heteroatoms. The average molecular weight is 273 g/mol. The molecule has 3 rings (SSSR count). The van der Waals surface area contributed by atoms with Crippen molar-refractivity contribution >= 4 is 11.6 Å². The lowest BCUT2D eigenvalue weighted by atomic mass is 10.2. The fourth-order valence-electron chi connectivity index (χ4n) is 1.78. The highest BCUT2D eigenvalue weighted by Gasteiger charge is 2.08. The second-order valence-corrected chi connectivity index (χ2v) is 4.30. The Labute approximate surface area is 113 Å². The molecule has 0 aliphatic heterocycles. The molecule has 0 unspecified atom stereocenters. The Morgan fingerprint density at radius 1 is 1.11 bits per heavy atom. The summed E-state index contributed by atoms with van der Waals surface area (Å²) in [4.78, 5) is 19.8. The third kappa shape index (κ3) is 2.28. The number of hydrogen-bond acceptors (Lipinski definition) is 3. The Morgan fingerprint density at radius 3 is 2.63 bits per heavy atom. The van der Waals surface area contributed by atoms with Gasteiger partial charge in [-0.05, 0) is 5.56 Å². The molecule has 5 nitrogen and oxygen atoms in total. The van der Waals surface area contributed by atoms with Crippen LogP contribution in [0.5, 0.6) is 0 Å². The van der Waals surface area contributed by atoms with Crippen molar-refractivity contribution in [3.63, 3.8) is 0 Å². The van der Waals surface area contributed by atoms with Crippen molar-refractivity contribution in [2.45, 2.75) is 0 Å². The maximum atomic E-state index is 12.0. The molecule has 0 spiro atoms. The highest BCUT2D eigenvalue weighted by Crippen LogP contribution is 2.15. The van der Waals surface area contributed by atoms with E-state index in [4.69, 9.17) is 11.6 Å². The van der Waals surface area contributed by atoms with Crippen LogP contribution in [0.3, 0.4) is 0 Å². The molecule has 3 aromatic rings. The standard InChI is InChI=1S/C13H9ClN4O/c14-11-7-12(16-8-15-11)18-13(19)6-10(17-18)9-4-2-1-3-5-9/h1-8,17H. The molecular formula is C13H9ClN4O. The van der Waals surface area contributed by atoms with Gasteiger partial charge >= 0.3 is 0 Å². The Hall–Kier alpha value is -2.40. The Morgan fingerprint density at radius 2 is 1.89 bits per heavy atom. The quantitative estimate of drug-likeness (QED) is 0.728. The van der Waals surface area contributed by atoms with E-state index < -0.39 is 0 Å². The van der Waals surface area contributed by atoms with Gasteiger partial charge in [0.1, 0.15) is 11.5 Å². The van der Waals surface area contributed by atoms with Crippen molar-refractivity contribution in [3.05, 3.63) is 64.3 Å². The van der Waals surface area contributed by atoms with E-state index in [9.17, 15) is 4.79 Å². The monoisotopic (exact) mass is 272 g/mol. The predicted octanol–water partition coefficient (Wildman–Crippen LogP) is 2.28. The highest BCUT2D eigenvalue weighted by atomic mass is 35.5. The summed E-state index contributed by atoms with van der Waals surface area (Å²) in [6.07, 6.45) is 1.31. The SMILES string of the molecule is O=c1cc(-c2ccccc2)[nH]n1-c1cc(Cl)ncn1. The first-order chi connectivity index (χ1) is 9.24. The lowest BCUT2D eigenvalue weighted by molar-refractivity contribution is 0.815. The first-order valence-electron chi connectivity index (χ1n) is 5.59. The van der Waals surface area contributed by atoms with E-state index in [0.717, 1.165) is 11.3 Å². The van der Waals surface area contributed by atoms with Gasteiger partial charge in [-0.15, -0.1) is 0 Å². The number of benzene rings is 1. The van der Waals surface area contributed by atoms with Crippen LogP contribution >= 0.6 is 11.6 Å². The molecular weight excluding hydrogens is 264 g/mol. The van der Waals surface area contributed by atoms with Gasteiger partial charge in [-0.2, -0.15) is 0 Å². The topological polar surface area (TPSA) is 63.6 Å². The molecule has 0 bridgehead atoms. The molecule has 0 saturated carbocycles. The zero-order chi connectivity index (χ0) is 13.2. The number of nitrogens with one attached hydrogen (secondary N) is 1. The number of nitrogens with zero attached hydrogens (tertiary/aromatic N) is 3. The molecule has 0 fully saturated rings. The van der Waals surface area contributed by atoms with Gasteiger partial charge in [-0.1, -0.05) is 41.9 Å². The zero-order valence-corrected chi connectivity index (χ0v) is 10.5. The molecule has 1 N–H and O–H groups in total. The molecule has 19 heavy (non-hydrogen) atoms. The van der Waals surface area contributed by atoms with Crippen LogP contribution in [-0.4, -0.2) is 19.7 Å². The summed E-state index contributed by atoms with van der Waals surface area (Å²) in [5.41, 5.74) is 1.45. The summed E-state index contributed by atoms with van der Waals surface area (Å²) < 4.78 is 1.33. The van der Waals surface area contributed by atoms with Gasteiger partial charge in [-0.25, -0.2) is 14.6 Å². The van der Waals surface area contributed by atoms with Crippen LogP contribution in [0.4, 0.5) is 0 Å². The fraction of sp³-hybridized carbons (Fsp3) is 0. The van der Waals surface area contributed by atoms with E-state index in [-0.39, 0.29) is 10.7 Å². The van der Waals surface area contributed by atoms with E-state index in [2.05, 4.69) is 15.1 Å². The molecule has 1 aromatic carbocycles. The van der Waals surface area contributed by atoms with E-state index in [1.807, 2.05) is 30.3 Å². The largest absolute Gasteiger partial charge is 0.289 e. The summed E-state index contributed by atoms with van der Waals surface area (Å²) in [6, 6.07) is 12.6. The Balaban J connectivity index is 2.10. The second kappa shape index (κ2) is 4.70. The van der Waals surface area contributed by atoms with Crippen molar-refractivity contribution in [3.8, 4) is 17.1 Å². The van der Waals surface area contributed by atoms with E-state index >= 15 is 0 Å². The lowest BCUT2D eigenvalue weighted by Gasteiger charge is -2.01. The van der Waals surface area contributed by atoms with Gasteiger partial charge in [0.15, 0.2) is 5.82 Å². The first kappa shape index (κ1) is 11.7. The van der Waals surface area contributed by atoms with E-state index in [1.54, 1.807) is 0 Å². The van der Waals surface area contributed by atoms with Gasteiger partial charge in [0, 0.05) is 12.1 Å². The summed E-state index contributed by atoms with van der Waals surface area (Å²) >= 11 is 5.79. The molecule has 2 aromatic heterocycles. The van der Waals surface area contributed by atoms with E-state index in [1.165, 1.54) is 23.1 Å². The molecule has 0 saturated heterocycles. The third-order valence-corrected chi connectivity index (χ3v) is 2.86. The van der Waals surface area contributed by atoms with Gasteiger partial charge in [0.2, 0.25) is 0 Å². The number of aromatic amines is 1. The van der Waals surface area contributed by atoms with Gasteiger partial charge in [0.05, 0.1) is 5.69 Å². The van der Waals surface area contributed by atoms with Crippen molar-refractivity contribution < 1.29 is 0 Å². The minimum Gasteiger partial charge on any atom is -0.289 e. The molecule has 0 amide bonds. The van der Waals surface area contributed by atoms with Crippen LogP contribution in [0.2, 0.25) is 5.15 Å². The average Bonchev–Trinajstić information content (AvgIpc) is 2.82. The molecule has 0 atom stereocenters. The molecule has 94 valence electrons. The number of halogens is 1. The van der Waals surface area contributed by atoms with Crippen LogP contribution in [0.15, 0.2) is 53.6 Å². The zero-order valence-electron chi connectivity index (χ0n) is 9.75. The summed E-state index contributed by atoms with van der Waals surface area (Å²) in [6.45, 7) is 0. The van der Waals surface area contributed by atoms with Crippen molar-refractivity contribution in [1.82, 2.24) is 19.7 Å². The van der Waals surface area contributed by atoms with Crippen LogP contribution in [0.1, 0.15) is 0 Å². The minimum atomic E-state index is -0.200. The Bertz CT molecular complexity index is 764. The normalized spacial score (nSPS) is 10.6. The van der Waals surface area contributed by atoms with Gasteiger partial charge in [0.25, 0.3) is 5.56 Å². The maximum absolute atomic E-state index is 12.0. The third-order valence-electron chi connectivity index (χ3n) is 2.65. The number of H-pyrrole nitrogens is 1. The van der Waals surface area contributed by atoms with Crippen molar-refractivity contribution in [2.24, 2.45) is 0 Å². The maximum Gasteiger partial charge on any atom is 0.273 e. The molecule has 0 aliphatic rings. The lowest BCUT2D eigenvalue weighted by Crippen LogP contribution is -2.14. The number of aromatic nitrogens is 4. The predicted molar refractivity (Wildman–Crippen MR) is 72.4 cm³/mol. The Kier molecular flexibility index (Phi) is 2.89. The van der Waals surface area contributed by atoms with Crippen LogP contribution in [0.25, 0.3) is 17.1 Å². The summed E-state index contributed by atoms with van der Waals surface area (Å²) in [5.74, 6) is 0.409. The van der Waals surface area contributed by atoms with Crippen LogP contribution in [0, 0.1) is 0 Å². The smallest absolute Gasteiger partial charge is 0.273 e. The van der Waals surface area contributed by atoms with Gasteiger partial charge < -0.3 is 0 Å². The first-order valence-corrected chi connectivity index (χ1v) is 5.97. The van der Waals surface area contributed by atoms with Gasteiger partial charge in [-0.3, -0.25) is 9.89 Å². The van der Waals surface area contributed by atoms with E-state index in [0.29, 0.717) is 5.82 Å². The number of rotatable bonds is 2. The van der Waals surface area contributed by atoms with Crippen LogP contribution < -0.4 is 5.56 Å². The fourth-order valence-corrected chi connectivity index (χ4v) is 1.92. The minimum absolute atomic E-state index is 0.200. The van der Waals surface area contributed by atoms with Crippen molar-refractivity contribution in [2.75, 3.05) is 0 Å². The number of hydrogen-bond donors (Lipinski definition) is 1. The summed E-state index contributed by atoms with van der Waals surface area (Å²) in [7, 11) is 0. The second-order valence-electron chi connectivity index (χ2n) is 3.91. The van der Waals surface area contributed by atoms with Crippen molar-refractivity contribution in [1.29, 1.82) is 0 Å². The molecule has 2 heterocycles. The summed E-state index contributed by atoms with van der Waals surface area (Å²) in [5, 5.41) is 3.28. The highest BCUT2D eigenvalue weighted by molar-refractivity contribution is 6.29. The molecule has 0 radical (unpaired) electrons. The van der Waals surface area contributed by atoms with Crippen LogP contribution in [-0.2, 0) is 0 Å².